The van der Waals surface area contributed by atoms with Crippen molar-refractivity contribution in [2.45, 2.75) is 55.4 Å². The van der Waals surface area contributed by atoms with Crippen molar-refractivity contribution in [1.82, 2.24) is 9.80 Å². The first-order valence-electron chi connectivity index (χ1n) is 12.7. The summed E-state index contributed by atoms with van der Waals surface area (Å²) in [7, 11) is 0. The SMILES string of the molecule is C/C=C\C(/C=C\C)(C(=O)OCCN(CC)CC)C(/C=C\C)(/C=C/C)C(=O)OCCN(CC)CC. The van der Waals surface area contributed by atoms with E-state index >= 15 is 0 Å². The number of nitrogens with zero attached hydrogens (tertiary/aromatic N) is 2. The van der Waals surface area contributed by atoms with E-state index in [1.54, 1.807) is 48.6 Å². The van der Waals surface area contributed by atoms with Gasteiger partial charge in [-0.1, -0.05) is 76.3 Å². The number of likely N-dealkylation sites (N-methyl/N-ethyl adjacent to an activating group) is 2. The topological polar surface area (TPSA) is 59.1 Å². The van der Waals surface area contributed by atoms with Crippen LogP contribution in [0.1, 0.15) is 55.4 Å². The summed E-state index contributed by atoms with van der Waals surface area (Å²) in [6, 6.07) is 0. The van der Waals surface area contributed by atoms with Crippen LogP contribution in [0.25, 0.3) is 0 Å². The Labute approximate surface area is 208 Å². The highest BCUT2D eigenvalue weighted by Crippen LogP contribution is 2.47. The van der Waals surface area contributed by atoms with Crippen molar-refractivity contribution in [3.8, 4) is 0 Å². The van der Waals surface area contributed by atoms with Crippen molar-refractivity contribution < 1.29 is 19.1 Å². The summed E-state index contributed by atoms with van der Waals surface area (Å²) in [5.41, 5.74) is -2.77. The molecule has 0 rings (SSSR count). The van der Waals surface area contributed by atoms with E-state index in [-0.39, 0.29) is 13.2 Å². The van der Waals surface area contributed by atoms with Crippen LogP contribution in [-0.2, 0) is 19.1 Å². The molecular weight excluding hydrogens is 428 g/mol. The van der Waals surface area contributed by atoms with Gasteiger partial charge in [-0.25, -0.2) is 0 Å². The molecule has 0 aliphatic rings. The quantitative estimate of drug-likeness (QED) is 0.217. The van der Waals surface area contributed by atoms with Gasteiger partial charge in [0.25, 0.3) is 0 Å². The summed E-state index contributed by atoms with van der Waals surface area (Å²) in [6.07, 6.45) is 14.1. The Hall–Kier alpha value is -2.18. The highest BCUT2D eigenvalue weighted by Gasteiger charge is 2.57. The van der Waals surface area contributed by atoms with Crippen molar-refractivity contribution in [3.05, 3.63) is 48.6 Å². The lowest BCUT2D eigenvalue weighted by atomic mass is 9.61. The van der Waals surface area contributed by atoms with Crippen LogP contribution >= 0.6 is 0 Å². The zero-order valence-electron chi connectivity index (χ0n) is 22.8. The van der Waals surface area contributed by atoms with Crippen molar-refractivity contribution in [1.29, 1.82) is 0 Å². The maximum atomic E-state index is 13.8. The van der Waals surface area contributed by atoms with Gasteiger partial charge in [-0.15, -0.1) is 0 Å². The van der Waals surface area contributed by atoms with Gasteiger partial charge in [0, 0.05) is 13.1 Å². The van der Waals surface area contributed by atoms with Gasteiger partial charge < -0.3 is 19.3 Å². The Balaban J connectivity index is 6.38. The molecule has 0 amide bonds. The molecule has 194 valence electrons. The molecular formula is C28H48N2O4. The minimum atomic E-state index is -1.38. The Kier molecular flexibility index (Phi) is 16.2. The molecule has 0 aromatic rings. The maximum absolute atomic E-state index is 13.8. The normalized spacial score (nSPS) is 14.8. The molecule has 0 fully saturated rings. The first-order chi connectivity index (χ1) is 16.3. The lowest BCUT2D eigenvalue weighted by molar-refractivity contribution is -0.166. The third-order valence-corrected chi connectivity index (χ3v) is 6.15. The number of carbonyl (C=O) groups excluding carboxylic acids is 2. The zero-order valence-corrected chi connectivity index (χ0v) is 22.8. The molecule has 34 heavy (non-hydrogen) atoms. The number of rotatable bonds is 17. The fraction of sp³-hybridized carbons (Fsp3) is 0.643. The predicted octanol–water partition coefficient (Wildman–Crippen LogP) is 5.03. The average molecular weight is 477 g/mol. The van der Waals surface area contributed by atoms with E-state index < -0.39 is 22.8 Å². The largest absolute Gasteiger partial charge is 0.463 e. The molecule has 0 saturated carbocycles. The van der Waals surface area contributed by atoms with Gasteiger partial charge in [0.1, 0.15) is 24.0 Å². The Morgan fingerprint density at radius 1 is 0.588 bits per heavy atom. The summed E-state index contributed by atoms with van der Waals surface area (Å²) in [6.45, 7) is 20.9. The minimum Gasteiger partial charge on any atom is -0.463 e. The third-order valence-electron chi connectivity index (χ3n) is 6.15. The van der Waals surface area contributed by atoms with E-state index in [0.29, 0.717) is 13.1 Å². The van der Waals surface area contributed by atoms with E-state index in [0.717, 1.165) is 26.2 Å². The van der Waals surface area contributed by atoms with Crippen LogP contribution < -0.4 is 0 Å². The zero-order chi connectivity index (χ0) is 26.0. The smallest absolute Gasteiger partial charge is 0.321 e. The van der Waals surface area contributed by atoms with Gasteiger partial charge in [0.05, 0.1) is 0 Å². The lowest BCUT2D eigenvalue weighted by Gasteiger charge is -2.40. The molecule has 6 nitrogen and oxygen atoms in total. The molecule has 0 aromatic carbocycles. The fourth-order valence-corrected chi connectivity index (χ4v) is 4.18. The molecule has 6 heteroatoms. The van der Waals surface area contributed by atoms with Crippen LogP contribution in [-0.4, -0.2) is 74.2 Å². The highest BCUT2D eigenvalue weighted by molar-refractivity contribution is 5.95. The van der Waals surface area contributed by atoms with Gasteiger partial charge in [-0.2, -0.15) is 0 Å². The summed E-state index contributed by atoms with van der Waals surface area (Å²) < 4.78 is 11.6. The first kappa shape index (κ1) is 31.8. The van der Waals surface area contributed by atoms with Gasteiger partial charge in [0.15, 0.2) is 0 Å². The number of hydrogen-bond donors (Lipinski definition) is 0. The van der Waals surface area contributed by atoms with Gasteiger partial charge in [-0.3, -0.25) is 9.59 Å². The number of carbonyl (C=O) groups is 2. The monoisotopic (exact) mass is 476 g/mol. The summed E-state index contributed by atoms with van der Waals surface area (Å²) >= 11 is 0. The molecule has 0 radical (unpaired) electrons. The van der Waals surface area contributed by atoms with Crippen LogP contribution in [0.3, 0.4) is 0 Å². The van der Waals surface area contributed by atoms with E-state index in [4.69, 9.17) is 9.47 Å². The summed E-state index contributed by atoms with van der Waals surface area (Å²) in [5.74, 6) is -0.958. The van der Waals surface area contributed by atoms with Crippen molar-refractivity contribution in [2.75, 3.05) is 52.5 Å². The van der Waals surface area contributed by atoms with E-state index in [9.17, 15) is 9.59 Å². The fourth-order valence-electron chi connectivity index (χ4n) is 4.18. The van der Waals surface area contributed by atoms with Crippen LogP contribution in [0, 0.1) is 10.8 Å². The van der Waals surface area contributed by atoms with Crippen molar-refractivity contribution >= 4 is 11.9 Å². The second kappa shape index (κ2) is 17.3. The third kappa shape index (κ3) is 8.24. The van der Waals surface area contributed by atoms with Crippen LogP contribution in [0.4, 0.5) is 0 Å². The Bertz CT molecular complexity index is 617. The molecule has 0 heterocycles. The summed E-state index contributed by atoms with van der Waals surface area (Å²) in [5, 5.41) is 0. The molecule has 0 aliphatic carbocycles. The number of allylic oxidation sites excluding steroid dienone is 4. The standard InChI is InChI=1S/C28H48N2O4/c1-9-17-27(18-10-2,25(31)33-23-21-29(13-5)14-6)28(19-11-3,20-12-4)26(32)34-24-22-30(15-7)16-8/h9-12,17-20H,13-16,21-24H2,1-8H3/b17-9-,18-10-,19-11-,20-12+. The number of hydrogen-bond acceptors (Lipinski definition) is 6. The Morgan fingerprint density at radius 2 is 0.853 bits per heavy atom. The molecule has 1 atom stereocenters. The average Bonchev–Trinajstić information content (AvgIpc) is 2.83. The molecule has 0 aliphatic heterocycles. The van der Waals surface area contributed by atoms with Crippen LogP contribution in [0.5, 0.6) is 0 Å². The van der Waals surface area contributed by atoms with E-state index in [2.05, 4.69) is 37.5 Å². The molecule has 0 spiro atoms. The predicted molar refractivity (Wildman–Crippen MR) is 142 cm³/mol. The van der Waals surface area contributed by atoms with Crippen molar-refractivity contribution in [2.24, 2.45) is 10.8 Å². The molecule has 0 saturated heterocycles. The van der Waals surface area contributed by atoms with Gasteiger partial charge in [0.2, 0.25) is 0 Å². The second-order valence-corrected chi connectivity index (χ2v) is 8.06. The number of esters is 2. The maximum Gasteiger partial charge on any atom is 0.321 e. The summed E-state index contributed by atoms with van der Waals surface area (Å²) in [4.78, 5) is 31.9. The molecule has 0 N–H and O–H groups in total. The highest BCUT2D eigenvalue weighted by atomic mass is 16.5. The van der Waals surface area contributed by atoms with Crippen LogP contribution in [0.2, 0.25) is 0 Å². The minimum absolute atomic E-state index is 0.246. The molecule has 0 aromatic heterocycles. The molecule has 1 unspecified atom stereocenters. The second-order valence-electron chi connectivity index (χ2n) is 8.06. The Morgan fingerprint density at radius 3 is 1.06 bits per heavy atom. The van der Waals surface area contributed by atoms with E-state index in [1.807, 2.05) is 27.7 Å². The van der Waals surface area contributed by atoms with Crippen molar-refractivity contribution in [3.63, 3.8) is 0 Å². The van der Waals surface area contributed by atoms with Gasteiger partial charge >= 0.3 is 11.9 Å². The van der Waals surface area contributed by atoms with Gasteiger partial charge in [-0.05, 0) is 53.9 Å². The first-order valence-corrected chi connectivity index (χ1v) is 12.7. The van der Waals surface area contributed by atoms with E-state index in [1.165, 1.54) is 0 Å². The lowest BCUT2D eigenvalue weighted by Crippen LogP contribution is -2.50. The van der Waals surface area contributed by atoms with Crippen LogP contribution in [0.15, 0.2) is 48.6 Å². The molecule has 0 bridgehead atoms. The number of ether oxygens (including phenoxy) is 2.